The minimum atomic E-state index is -0.636. The van der Waals surface area contributed by atoms with Crippen LogP contribution in [-0.4, -0.2) is 42.2 Å². The Morgan fingerprint density at radius 3 is 2.26 bits per heavy atom. The summed E-state index contributed by atoms with van der Waals surface area (Å²) in [5.74, 6) is -0.200. The minimum absolute atomic E-state index is 0.163. The van der Waals surface area contributed by atoms with Crippen LogP contribution in [0.1, 0.15) is 59.1 Å². The van der Waals surface area contributed by atoms with Crippen LogP contribution in [0.25, 0.3) is 0 Å². The molecule has 2 aliphatic rings. The molecular formula is C27H36N2O2. The molecule has 2 fully saturated rings. The van der Waals surface area contributed by atoms with E-state index in [1.54, 1.807) is 0 Å². The van der Waals surface area contributed by atoms with Crippen molar-refractivity contribution in [3.8, 4) is 0 Å². The summed E-state index contributed by atoms with van der Waals surface area (Å²) in [5.41, 5.74) is 9.90. The third kappa shape index (κ3) is 4.50. The highest BCUT2D eigenvalue weighted by Gasteiger charge is 2.31. The van der Waals surface area contributed by atoms with E-state index in [1.165, 1.54) is 39.1 Å². The van der Waals surface area contributed by atoms with E-state index in [9.17, 15) is 9.90 Å². The molecule has 2 aromatic carbocycles. The molecule has 2 saturated heterocycles. The summed E-state index contributed by atoms with van der Waals surface area (Å²) >= 11 is 0. The van der Waals surface area contributed by atoms with Crippen LogP contribution in [-0.2, 0) is 17.8 Å². The quantitative estimate of drug-likeness (QED) is 0.708. The van der Waals surface area contributed by atoms with Crippen molar-refractivity contribution in [2.24, 2.45) is 5.92 Å². The van der Waals surface area contributed by atoms with Crippen molar-refractivity contribution < 1.29 is 9.90 Å². The topological polar surface area (TPSA) is 43.8 Å². The molecule has 2 aliphatic heterocycles. The first-order valence-electron chi connectivity index (χ1n) is 11.8. The van der Waals surface area contributed by atoms with Gasteiger partial charge in [0.25, 0.3) is 0 Å². The van der Waals surface area contributed by atoms with Gasteiger partial charge in [-0.2, -0.15) is 0 Å². The zero-order valence-corrected chi connectivity index (χ0v) is 19.4. The van der Waals surface area contributed by atoms with Crippen molar-refractivity contribution in [1.29, 1.82) is 0 Å². The molecule has 0 aromatic heterocycles. The molecule has 31 heavy (non-hydrogen) atoms. The van der Waals surface area contributed by atoms with Crippen LogP contribution in [0.4, 0.5) is 5.69 Å². The highest BCUT2D eigenvalue weighted by Crippen LogP contribution is 2.37. The van der Waals surface area contributed by atoms with Crippen LogP contribution in [0.5, 0.6) is 0 Å². The zero-order valence-electron chi connectivity index (χ0n) is 19.4. The van der Waals surface area contributed by atoms with Crippen LogP contribution >= 0.6 is 0 Å². The highest BCUT2D eigenvalue weighted by molar-refractivity contribution is 5.70. The summed E-state index contributed by atoms with van der Waals surface area (Å²) in [7, 11) is 0. The van der Waals surface area contributed by atoms with Crippen LogP contribution in [0.2, 0.25) is 0 Å². The maximum atomic E-state index is 11.2. The number of hydrogen-bond donors (Lipinski definition) is 1. The van der Waals surface area contributed by atoms with Crippen molar-refractivity contribution in [3.05, 3.63) is 63.7 Å². The molecule has 4 nitrogen and oxygen atoms in total. The number of aryl methyl sites for hydroxylation is 4. The fourth-order valence-electron chi connectivity index (χ4n) is 5.40. The van der Waals surface area contributed by atoms with Gasteiger partial charge >= 0.3 is 5.97 Å². The summed E-state index contributed by atoms with van der Waals surface area (Å²) in [4.78, 5) is 16.2. The largest absolute Gasteiger partial charge is 0.481 e. The van der Waals surface area contributed by atoms with Gasteiger partial charge in [0.1, 0.15) is 0 Å². The number of benzene rings is 2. The van der Waals surface area contributed by atoms with E-state index in [2.05, 4.69) is 67.8 Å². The van der Waals surface area contributed by atoms with Gasteiger partial charge in [-0.3, -0.25) is 9.69 Å². The van der Waals surface area contributed by atoms with E-state index in [1.807, 2.05) is 0 Å². The summed E-state index contributed by atoms with van der Waals surface area (Å²) in [6.45, 7) is 13.8. The lowest BCUT2D eigenvalue weighted by Gasteiger charge is -2.43. The highest BCUT2D eigenvalue weighted by atomic mass is 16.4. The Labute approximate surface area is 186 Å². The number of carbonyl (C=O) groups is 1. The van der Waals surface area contributed by atoms with Gasteiger partial charge in [-0.15, -0.1) is 0 Å². The molecule has 1 N–H and O–H groups in total. The molecule has 0 atom stereocenters. The number of nitrogens with zero attached hydrogens (tertiary/aromatic N) is 2. The molecule has 4 heteroatoms. The molecule has 0 spiro atoms. The lowest BCUT2D eigenvalue weighted by atomic mass is 9.86. The van der Waals surface area contributed by atoms with Gasteiger partial charge < -0.3 is 10.0 Å². The molecule has 0 amide bonds. The Morgan fingerprint density at radius 1 is 1.03 bits per heavy atom. The molecule has 2 aromatic rings. The number of likely N-dealkylation sites (tertiary alicyclic amines) is 1. The monoisotopic (exact) mass is 420 g/mol. The predicted octanol–water partition coefficient (Wildman–Crippen LogP) is 5.07. The molecule has 0 bridgehead atoms. The number of aliphatic carboxylic acids is 1. The van der Waals surface area contributed by atoms with Crippen LogP contribution < -0.4 is 4.90 Å². The van der Waals surface area contributed by atoms with Crippen molar-refractivity contribution >= 4 is 11.7 Å². The molecule has 166 valence electrons. The average Bonchev–Trinajstić information content (AvgIpc) is 2.71. The first-order chi connectivity index (χ1) is 14.9. The zero-order chi connectivity index (χ0) is 22.1. The summed E-state index contributed by atoms with van der Waals surface area (Å²) < 4.78 is 0. The van der Waals surface area contributed by atoms with Crippen molar-refractivity contribution in [2.75, 3.05) is 31.1 Å². The van der Waals surface area contributed by atoms with E-state index in [0.29, 0.717) is 5.92 Å². The molecule has 0 saturated carbocycles. The molecule has 4 rings (SSSR count). The Balaban J connectivity index is 1.42. The second kappa shape index (κ2) is 9.04. The van der Waals surface area contributed by atoms with Crippen molar-refractivity contribution in [3.63, 3.8) is 0 Å². The number of piperidine rings is 1. The first kappa shape index (κ1) is 21.9. The third-order valence-corrected chi connectivity index (χ3v) is 7.41. The molecule has 0 aliphatic carbocycles. The van der Waals surface area contributed by atoms with Gasteiger partial charge in [-0.05, 0) is 86.5 Å². The van der Waals surface area contributed by atoms with Crippen LogP contribution in [0.15, 0.2) is 30.3 Å². The van der Waals surface area contributed by atoms with Gasteiger partial charge in [0.05, 0.1) is 5.92 Å². The number of carboxylic acid groups (broad SMARTS) is 1. The van der Waals surface area contributed by atoms with Gasteiger partial charge in [-0.25, -0.2) is 0 Å². The lowest BCUT2D eigenvalue weighted by Crippen LogP contribution is -2.46. The molecular weight excluding hydrogens is 384 g/mol. The molecule has 2 heterocycles. The number of anilines is 1. The second-order valence-corrected chi connectivity index (χ2v) is 9.56. The average molecular weight is 421 g/mol. The first-order valence-corrected chi connectivity index (χ1v) is 11.8. The lowest BCUT2D eigenvalue weighted by molar-refractivity contribution is -0.143. The minimum Gasteiger partial charge on any atom is -0.481 e. The Morgan fingerprint density at radius 2 is 1.68 bits per heavy atom. The van der Waals surface area contributed by atoms with E-state index < -0.39 is 5.97 Å². The Hall–Kier alpha value is -2.33. The number of carboxylic acids is 1. The molecule has 0 radical (unpaired) electrons. The number of hydrogen-bond acceptors (Lipinski definition) is 3. The fourth-order valence-corrected chi connectivity index (χ4v) is 5.40. The molecule has 0 unspecified atom stereocenters. The van der Waals surface area contributed by atoms with E-state index >= 15 is 0 Å². The van der Waals surface area contributed by atoms with Gasteiger partial charge in [0, 0.05) is 31.2 Å². The fraction of sp³-hybridized carbons (Fsp3) is 0.519. The number of rotatable bonds is 6. The van der Waals surface area contributed by atoms with Gasteiger partial charge in [0.2, 0.25) is 0 Å². The van der Waals surface area contributed by atoms with E-state index in [4.69, 9.17) is 0 Å². The SMILES string of the molecule is CCc1cccc(C)c1N1CC(c2cc(C)c(CN3CCC(C(=O)O)CC3)c(C)c2)C1. The van der Waals surface area contributed by atoms with E-state index in [-0.39, 0.29) is 5.92 Å². The summed E-state index contributed by atoms with van der Waals surface area (Å²) in [6.07, 6.45) is 2.61. The number of para-hydroxylation sites is 1. The van der Waals surface area contributed by atoms with Crippen LogP contribution in [0.3, 0.4) is 0 Å². The van der Waals surface area contributed by atoms with Crippen LogP contribution in [0, 0.1) is 26.7 Å². The summed E-state index contributed by atoms with van der Waals surface area (Å²) in [6, 6.07) is 11.5. The smallest absolute Gasteiger partial charge is 0.306 e. The van der Waals surface area contributed by atoms with Gasteiger partial charge in [0.15, 0.2) is 0 Å². The van der Waals surface area contributed by atoms with Crippen molar-refractivity contribution in [2.45, 2.75) is 59.4 Å². The Kier molecular flexibility index (Phi) is 6.38. The maximum Gasteiger partial charge on any atom is 0.306 e. The van der Waals surface area contributed by atoms with E-state index in [0.717, 1.165) is 52.0 Å². The second-order valence-electron chi connectivity index (χ2n) is 9.56. The third-order valence-electron chi connectivity index (χ3n) is 7.41. The van der Waals surface area contributed by atoms with Crippen molar-refractivity contribution in [1.82, 2.24) is 4.90 Å². The normalized spacial score (nSPS) is 18.3. The summed E-state index contributed by atoms with van der Waals surface area (Å²) in [5, 5.41) is 9.23. The predicted molar refractivity (Wildman–Crippen MR) is 127 cm³/mol. The standard InChI is InChI=1S/C27H36N2O2/c1-5-21-8-6-7-18(2)26(21)29-15-24(16-29)23-13-19(3)25(20(4)14-23)17-28-11-9-22(10-12-28)27(30)31/h6-8,13-14,22,24H,5,9-12,15-17H2,1-4H3,(H,30,31). The Bertz CT molecular complexity index is 931. The maximum absolute atomic E-state index is 11.2. The van der Waals surface area contributed by atoms with Gasteiger partial charge in [-0.1, -0.05) is 37.3 Å².